The van der Waals surface area contributed by atoms with Gasteiger partial charge in [-0.05, 0) is 36.5 Å². The Balaban J connectivity index is 2.45. The maximum absolute atomic E-state index is 13.0. The second-order valence-corrected chi connectivity index (χ2v) is 7.94. The Kier molecular flexibility index (Phi) is 5.17. The Morgan fingerprint density at radius 3 is 2.52 bits per heavy atom. The van der Waals surface area contributed by atoms with Crippen LogP contribution in [-0.2, 0) is 15.9 Å². The van der Waals surface area contributed by atoms with Crippen molar-refractivity contribution in [1.82, 2.24) is 4.31 Å². The second-order valence-electron chi connectivity index (χ2n) is 5.82. The number of hydrogen-bond donors (Lipinski definition) is 0. The molecular weight excluding hydrogens is 310 g/mol. The molecule has 0 unspecified atom stereocenters. The van der Waals surface area contributed by atoms with E-state index in [-0.39, 0.29) is 22.7 Å². The third-order valence-corrected chi connectivity index (χ3v) is 5.72. The van der Waals surface area contributed by atoms with Crippen molar-refractivity contribution in [2.24, 2.45) is 5.92 Å². The van der Waals surface area contributed by atoms with Crippen molar-refractivity contribution in [3.05, 3.63) is 23.8 Å². The molecule has 0 aliphatic heterocycles. The lowest BCUT2D eigenvalue weighted by Crippen LogP contribution is -2.36. The molecule has 1 aliphatic carbocycles. The maximum atomic E-state index is 13.0. The summed E-state index contributed by atoms with van der Waals surface area (Å²) in [6.07, 6.45) is 1.87. The van der Waals surface area contributed by atoms with Crippen molar-refractivity contribution >= 4 is 21.6 Å². The third-order valence-electron chi connectivity index (χ3n) is 3.47. The van der Waals surface area contributed by atoms with Crippen LogP contribution in [0.15, 0.2) is 23.1 Å². The van der Waals surface area contributed by atoms with Crippen molar-refractivity contribution in [1.29, 1.82) is 0 Å². The summed E-state index contributed by atoms with van der Waals surface area (Å²) in [5.74, 6) is 0.931. The summed E-state index contributed by atoms with van der Waals surface area (Å²) in [6.45, 7) is 4.58. The van der Waals surface area contributed by atoms with Gasteiger partial charge in [0.15, 0.2) is 0 Å². The van der Waals surface area contributed by atoms with E-state index >= 15 is 0 Å². The van der Waals surface area contributed by atoms with Crippen LogP contribution in [-0.4, -0.2) is 32.4 Å². The summed E-state index contributed by atoms with van der Waals surface area (Å²) in [5, 5.41) is 0. The van der Waals surface area contributed by atoms with E-state index in [1.54, 1.807) is 22.5 Å². The van der Waals surface area contributed by atoms with Gasteiger partial charge < -0.3 is 4.74 Å². The summed E-state index contributed by atoms with van der Waals surface area (Å²) in [4.78, 5) is 0.218. The van der Waals surface area contributed by atoms with Crippen LogP contribution >= 0.6 is 11.6 Å². The van der Waals surface area contributed by atoms with E-state index in [4.69, 9.17) is 16.3 Å². The molecule has 0 spiro atoms. The molecule has 0 aromatic heterocycles. The number of hydrogen-bond acceptors (Lipinski definition) is 3. The van der Waals surface area contributed by atoms with Crippen molar-refractivity contribution in [2.45, 2.75) is 43.5 Å². The zero-order valence-electron chi connectivity index (χ0n) is 12.7. The lowest BCUT2D eigenvalue weighted by molar-refractivity contribution is 0.354. The molecule has 21 heavy (non-hydrogen) atoms. The van der Waals surface area contributed by atoms with Crippen LogP contribution in [0.5, 0.6) is 5.75 Å². The standard InChI is InChI=1S/C15H22ClNO3S/c1-11(2)10-17(13-5-6-13)21(18,19)15-8-12(9-16)4-7-14(15)20-3/h4,7-8,11,13H,5-6,9-10H2,1-3H3. The van der Waals surface area contributed by atoms with Gasteiger partial charge in [-0.15, -0.1) is 11.6 Å². The Labute approximate surface area is 132 Å². The Hall–Kier alpha value is -0.780. The van der Waals surface area contributed by atoms with Gasteiger partial charge in [-0.2, -0.15) is 4.31 Å². The highest BCUT2D eigenvalue weighted by Crippen LogP contribution is 2.36. The molecule has 1 saturated carbocycles. The van der Waals surface area contributed by atoms with Gasteiger partial charge in [-0.3, -0.25) is 0 Å². The minimum Gasteiger partial charge on any atom is -0.495 e. The molecule has 6 heteroatoms. The molecule has 1 fully saturated rings. The van der Waals surface area contributed by atoms with Crippen molar-refractivity contribution in [3.8, 4) is 5.75 Å². The molecule has 4 nitrogen and oxygen atoms in total. The number of benzene rings is 1. The van der Waals surface area contributed by atoms with E-state index in [0.717, 1.165) is 18.4 Å². The Morgan fingerprint density at radius 1 is 1.38 bits per heavy atom. The zero-order chi connectivity index (χ0) is 15.6. The zero-order valence-corrected chi connectivity index (χ0v) is 14.2. The molecule has 0 heterocycles. The topological polar surface area (TPSA) is 46.6 Å². The number of halogens is 1. The molecule has 0 amide bonds. The normalized spacial score (nSPS) is 15.7. The van der Waals surface area contributed by atoms with Crippen molar-refractivity contribution < 1.29 is 13.2 Å². The van der Waals surface area contributed by atoms with Crippen LogP contribution in [0.2, 0.25) is 0 Å². The summed E-state index contributed by atoms with van der Waals surface area (Å²) in [7, 11) is -2.07. The fourth-order valence-electron chi connectivity index (χ4n) is 2.30. The SMILES string of the molecule is COc1ccc(CCl)cc1S(=O)(=O)N(CC(C)C)C1CC1. The second kappa shape index (κ2) is 6.55. The first-order valence-electron chi connectivity index (χ1n) is 7.15. The minimum absolute atomic E-state index is 0.127. The molecule has 1 aliphatic rings. The van der Waals surface area contributed by atoms with Crippen LogP contribution < -0.4 is 4.74 Å². The maximum Gasteiger partial charge on any atom is 0.247 e. The Bertz CT molecular complexity index is 597. The molecule has 0 N–H and O–H groups in total. The largest absolute Gasteiger partial charge is 0.495 e. The van der Waals surface area contributed by atoms with Gasteiger partial charge in [0.25, 0.3) is 0 Å². The van der Waals surface area contributed by atoms with Gasteiger partial charge in [-0.1, -0.05) is 19.9 Å². The first-order valence-corrected chi connectivity index (χ1v) is 9.12. The number of ether oxygens (including phenoxy) is 1. The Morgan fingerprint density at radius 2 is 2.05 bits per heavy atom. The average Bonchev–Trinajstić information content (AvgIpc) is 3.28. The van der Waals surface area contributed by atoms with E-state index in [0.29, 0.717) is 12.3 Å². The first kappa shape index (κ1) is 16.6. The highest BCUT2D eigenvalue weighted by atomic mass is 35.5. The van der Waals surface area contributed by atoms with Gasteiger partial charge in [0.1, 0.15) is 10.6 Å². The van der Waals surface area contributed by atoms with Gasteiger partial charge in [-0.25, -0.2) is 8.42 Å². The van der Waals surface area contributed by atoms with Crippen LogP contribution in [0, 0.1) is 5.92 Å². The summed E-state index contributed by atoms with van der Waals surface area (Å²) in [6, 6.07) is 5.21. The predicted octanol–water partition coefficient (Wildman–Crippen LogP) is 3.24. The van der Waals surface area contributed by atoms with E-state index in [9.17, 15) is 8.42 Å². The quantitative estimate of drug-likeness (QED) is 0.720. The van der Waals surface area contributed by atoms with Crippen LogP contribution in [0.25, 0.3) is 0 Å². The van der Waals surface area contributed by atoms with Gasteiger partial charge in [0, 0.05) is 18.5 Å². The summed E-state index contributed by atoms with van der Waals surface area (Å²) < 4.78 is 32.9. The molecule has 118 valence electrons. The monoisotopic (exact) mass is 331 g/mol. The molecule has 2 rings (SSSR count). The number of alkyl halides is 1. The highest BCUT2D eigenvalue weighted by molar-refractivity contribution is 7.89. The lowest BCUT2D eigenvalue weighted by Gasteiger charge is -2.25. The third kappa shape index (κ3) is 3.71. The average molecular weight is 332 g/mol. The molecule has 1 aromatic rings. The highest BCUT2D eigenvalue weighted by Gasteiger charge is 2.39. The van der Waals surface area contributed by atoms with Crippen LogP contribution in [0.3, 0.4) is 0 Å². The summed E-state index contributed by atoms with van der Waals surface area (Å²) >= 11 is 5.83. The number of methoxy groups -OCH3 is 1. The summed E-state index contributed by atoms with van der Waals surface area (Å²) in [5.41, 5.74) is 0.774. The van der Waals surface area contributed by atoms with E-state index < -0.39 is 10.0 Å². The molecule has 0 atom stereocenters. The van der Waals surface area contributed by atoms with Crippen LogP contribution in [0.1, 0.15) is 32.3 Å². The fourth-order valence-corrected chi connectivity index (χ4v) is 4.52. The van der Waals surface area contributed by atoms with Gasteiger partial charge in [0.05, 0.1) is 7.11 Å². The minimum atomic E-state index is -3.56. The van der Waals surface area contributed by atoms with E-state index in [1.165, 1.54) is 7.11 Å². The molecule has 0 radical (unpaired) electrons. The van der Waals surface area contributed by atoms with Crippen molar-refractivity contribution in [2.75, 3.05) is 13.7 Å². The molecular formula is C15H22ClNO3S. The smallest absolute Gasteiger partial charge is 0.247 e. The first-order chi connectivity index (χ1) is 9.90. The molecule has 0 bridgehead atoms. The molecule has 1 aromatic carbocycles. The van der Waals surface area contributed by atoms with Crippen LogP contribution in [0.4, 0.5) is 0 Å². The van der Waals surface area contributed by atoms with E-state index in [1.807, 2.05) is 13.8 Å². The van der Waals surface area contributed by atoms with E-state index in [2.05, 4.69) is 0 Å². The van der Waals surface area contributed by atoms with Gasteiger partial charge in [0.2, 0.25) is 10.0 Å². The molecule has 0 saturated heterocycles. The van der Waals surface area contributed by atoms with Crippen molar-refractivity contribution in [3.63, 3.8) is 0 Å². The lowest BCUT2D eigenvalue weighted by atomic mass is 10.2. The number of rotatable bonds is 7. The van der Waals surface area contributed by atoms with Gasteiger partial charge >= 0.3 is 0 Å². The predicted molar refractivity (Wildman–Crippen MR) is 84.3 cm³/mol. The number of sulfonamides is 1. The number of nitrogens with zero attached hydrogens (tertiary/aromatic N) is 1. The fraction of sp³-hybridized carbons (Fsp3) is 0.600.